The van der Waals surface area contributed by atoms with Crippen molar-refractivity contribution in [2.24, 2.45) is 0 Å². The first-order valence-corrected chi connectivity index (χ1v) is 10.5. The molecule has 0 fully saturated rings. The zero-order valence-electron chi connectivity index (χ0n) is 17.0. The Morgan fingerprint density at radius 2 is 1.81 bits per heavy atom. The maximum absolute atomic E-state index is 13.5. The molecule has 6 nitrogen and oxygen atoms in total. The van der Waals surface area contributed by atoms with Crippen molar-refractivity contribution >= 4 is 29.1 Å². The minimum atomic E-state index is -0.356. The Bertz CT molecular complexity index is 1250. The van der Waals surface area contributed by atoms with Gasteiger partial charge in [-0.2, -0.15) is 0 Å². The number of rotatable bonds is 6. The minimum Gasteiger partial charge on any atom is -0.327 e. The molecule has 0 aliphatic rings. The molecule has 0 saturated heterocycles. The number of aromatic nitrogens is 4. The molecule has 0 aliphatic carbocycles. The van der Waals surface area contributed by atoms with E-state index in [0.29, 0.717) is 21.4 Å². The summed E-state index contributed by atoms with van der Waals surface area (Å²) in [5, 5.41) is 9.06. The molecule has 0 unspecified atom stereocenters. The molecule has 0 saturated carbocycles. The number of hydrogen-bond donors (Lipinski definition) is 0. The van der Waals surface area contributed by atoms with Gasteiger partial charge in [0, 0.05) is 12.7 Å². The largest absolute Gasteiger partial charge is 0.327 e. The molecule has 0 radical (unpaired) electrons. The van der Waals surface area contributed by atoms with Crippen LogP contribution in [0.2, 0.25) is 10.0 Å². The normalized spacial score (nSPS) is 10.9. The van der Waals surface area contributed by atoms with Crippen molar-refractivity contribution in [2.75, 3.05) is 0 Å². The predicted molar refractivity (Wildman–Crippen MR) is 120 cm³/mol. The topological polar surface area (TPSA) is 63.9 Å². The van der Waals surface area contributed by atoms with E-state index in [-0.39, 0.29) is 30.5 Å². The Morgan fingerprint density at radius 1 is 1.03 bits per heavy atom. The van der Waals surface area contributed by atoms with Crippen LogP contribution in [0.25, 0.3) is 5.69 Å². The molecule has 0 bridgehead atoms. The second kappa shape index (κ2) is 9.46. The first kappa shape index (κ1) is 21.9. The Kier molecular flexibility index (Phi) is 6.48. The number of benzene rings is 2. The van der Waals surface area contributed by atoms with Gasteiger partial charge in [-0.05, 0) is 61.0 Å². The molecular formula is C23H18Cl2FN5O. The molecule has 4 aromatic rings. The molecule has 9 heteroatoms. The van der Waals surface area contributed by atoms with E-state index < -0.39 is 0 Å². The van der Waals surface area contributed by atoms with E-state index in [0.717, 1.165) is 11.3 Å². The van der Waals surface area contributed by atoms with Gasteiger partial charge in [0.05, 0.1) is 33.7 Å². The summed E-state index contributed by atoms with van der Waals surface area (Å²) in [7, 11) is 0. The molecule has 2 heterocycles. The number of halogens is 3. The Hall–Kier alpha value is -3.29. The molecule has 32 heavy (non-hydrogen) atoms. The van der Waals surface area contributed by atoms with Crippen molar-refractivity contribution in [1.29, 1.82) is 0 Å². The lowest BCUT2D eigenvalue weighted by atomic mass is 10.2. The van der Waals surface area contributed by atoms with E-state index in [1.807, 2.05) is 24.3 Å². The summed E-state index contributed by atoms with van der Waals surface area (Å²) in [6.45, 7) is 2.28. The highest BCUT2D eigenvalue weighted by molar-refractivity contribution is 6.42. The van der Waals surface area contributed by atoms with Crippen LogP contribution < -0.4 is 0 Å². The molecular weight excluding hydrogens is 452 g/mol. The van der Waals surface area contributed by atoms with Gasteiger partial charge < -0.3 is 4.90 Å². The van der Waals surface area contributed by atoms with Gasteiger partial charge >= 0.3 is 0 Å². The van der Waals surface area contributed by atoms with E-state index in [2.05, 4.69) is 15.3 Å². The fourth-order valence-corrected chi connectivity index (χ4v) is 3.57. The third kappa shape index (κ3) is 4.79. The number of carbonyl (C=O) groups excluding carboxylic acids is 1. The van der Waals surface area contributed by atoms with Gasteiger partial charge in [-0.1, -0.05) is 40.5 Å². The second-order valence-corrected chi connectivity index (χ2v) is 7.96. The lowest BCUT2D eigenvalue weighted by Crippen LogP contribution is -2.31. The summed E-state index contributed by atoms with van der Waals surface area (Å²) >= 11 is 12.2. The summed E-state index contributed by atoms with van der Waals surface area (Å²) in [5.74, 6) is -0.668. The van der Waals surface area contributed by atoms with E-state index in [4.69, 9.17) is 23.2 Å². The molecule has 162 valence electrons. The van der Waals surface area contributed by atoms with Gasteiger partial charge in [-0.15, -0.1) is 5.10 Å². The summed E-state index contributed by atoms with van der Waals surface area (Å²) in [6, 6.07) is 16.6. The fraction of sp³-hybridized carbons (Fsp3) is 0.130. The highest BCUT2D eigenvalue weighted by Crippen LogP contribution is 2.24. The van der Waals surface area contributed by atoms with Gasteiger partial charge in [0.2, 0.25) is 0 Å². The SMILES string of the molecule is Cc1c(C(=O)N(Cc2ccc(Cl)c(Cl)c2)Cc2ccccn2)nnn1-c1ccc(F)cc1. The van der Waals surface area contributed by atoms with E-state index in [1.165, 1.54) is 16.8 Å². The average molecular weight is 470 g/mol. The van der Waals surface area contributed by atoms with Gasteiger partial charge in [-0.25, -0.2) is 9.07 Å². The monoisotopic (exact) mass is 469 g/mol. The summed E-state index contributed by atoms with van der Waals surface area (Å²) in [5.41, 5.74) is 2.89. The van der Waals surface area contributed by atoms with Crippen LogP contribution >= 0.6 is 23.2 Å². The molecule has 0 spiro atoms. The number of carbonyl (C=O) groups is 1. The van der Waals surface area contributed by atoms with Crippen molar-refractivity contribution in [3.8, 4) is 5.69 Å². The number of hydrogen-bond acceptors (Lipinski definition) is 4. The first-order valence-electron chi connectivity index (χ1n) is 9.73. The highest BCUT2D eigenvalue weighted by atomic mass is 35.5. The third-order valence-electron chi connectivity index (χ3n) is 4.89. The van der Waals surface area contributed by atoms with Crippen LogP contribution in [0.1, 0.15) is 27.4 Å². The fourth-order valence-electron chi connectivity index (χ4n) is 3.25. The lowest BCUT2D eigenvalue weighted by molar-refractivity contribution is 0.0721. The molecule has 1 amide bonds. The number of nitrogens with zero attached hydrogens (tertiary/aromatic N) is 5. The summed E-state index contributed by atoms with van der Waals surface area (Å²) < 4.78 is 14.8. The highest BCUT2D eigenvalue weighted by Gasteiger charge is 2.24. The summed E-state index contributed by atoms with van der Waals surface area (Å²) in [6.07, 6.45) is 1.67. The number of amides is 1. The molecule has 0 N–H and O–H groups in total. The van der Waals surface area contributed by atoms with Crippen LogP contribution in [0.3, 0.4) is 0 Å². The average Bonchev–Trinajstić information content (AvgIpc) is 3.18. The van der Waals surface area contributed by atoms with Crippen molar-refractivity contribution < 1.29 is 9.18 Å². The third-order valence-corrected chi connectivity index (χ3v) is 5.63. The standard InChI is InChI=1S/C23H18Cl2FN5O/c1-15-22(28-29-31(15)19-8-6-17(26)7-9-19)23(32)30(14-18-4-2-3-11-27-18)13-16-5-10-20(24)21(25)12-16/h2-12H,13-14H2,1H3. The van der Waals surface area contributed by atoms with E-state index in [9.17, 15) is 9.18 Å². The van der Waals surface area contributed by atoms with Gasteiger partial charge in [-0.3, -0.25) is 9.78 Å². The quantitative estimate of drug-likeness (QED) is 0.386. The zero-order chi connectivity index (χ0) is 22.7. The second-order valence-electron chi connectivity index (χ2n) is 7.14. The Morgan fingerprint density at radius 3 is 2.50 bits per heavy atom. The molecule has 4 rings (SSSR count). The smallest absolute Gasteiger partial charge is 0.276 e. The Balaban J connectivity index is 1.66. The molecule has 0 atom stereocenters. The van der Waals surface area contributed by atoms with Gasteiger partial charge in [0.25, 0.3) is 5.91 Å². The minimum absolute atomic E-state index is 0.199. The van der Waals surface area contributed by atoms with Crippen LogP contribution in [0.4, 0.5) is 4.39 Å². The van der Waals surface area contributed by atoms with E-state index >= 15 is 0 Å². The van der Waals surface area contributed by atoms with Crippen LogP contribution in [-0.4, -0.2) is 30.8 Å². The van der Waals surface area contributed by atoms with Crippen LogP contribution in [0, 0.1) is 12.7 Å². The van der Waals surface area contributed by atoms with Crippen molar-refractivity contribution in [1.82, 2.24) is 24.9 Å². The maximum atomic E-state index is 13.5. The lowest BCUT2D eigenvalue weighted by Gasteiger charge is -2.22. The molecule has 2 aromatic carbocycles. The first-order chi connectivity index (χ1) is 15.4. The van der Waals surface area contributed by atoms with Gasteiger partial charge in [0.15, 0.2) is 5.69 Å². The van der Waals surface area contributed by atoms with Crippen molar-refractivity contribution in [3.05, 3.63) is 105 Å². The maximum Gasteiger partial charge on any atom is 0.276 e. The molecule has 2 aromatic heterocycles. The van der Waals surface area contributed by atoms with Crippen molar-refractivity contribution in [3.63, 3.8) is 0 Å². The van der Waals surface area contributed by atoms with Gasteiger partial charge in [0.1, 0.15) is 5.82 Å². The molecule has 0 aliphatic heterocycles. The van der Waals surface area contributed by atoms with Crippen LogP contribution in [0.15, 0.2) is 66.9 Å². The van der Waals surface area contributed by atoms with Crippen molar-refractivity contribution in [2.45, 2.75) is 20.0 Å². The summed E-state index contributed by atoms with van der Waals surface area (Å²) in [4.78, 5) is 19.4. The van der Waals surface area contributed by atoms with Crippen LogP contribution in [-0.2, 0) is 13.1 Å². The van der Waals surface area contributed by atoms with Crippen LogP contribution in [0.5, 0.6) is 0 Å². The zero-order valence-corrected chi connectivity index (χ0v) is 18.6. The predicted octanol–water partition coefficient (Wildman–Crippen LogP) is 5.26. The number of pyridine rings is 1. The Labute approximate surface area is 194 Å². The van der Waals surface area contributed by atoms with E-state index in [1.54, 1.807) is 42.3 Å².